The number of ether oxygens (including phenoxy) is 2. The zero-order valence-electron chi connectivity index (χ0n) is 15.6. The van der Waals surface area contributed by atoms with Crippen LogP contribution in [0.15, 0.2) is 12.1 Å². The number of benzene rings is 1. The van der Waals surface area contributed by atoms with E-state index in [-0.39, 0.29) is 35.2 Å². The first-order valence-electron chi connectivity index (χ1n) is 8.74. The van der Waals surface area contributed by atoms with Crippen molar-refractivity contribution in [3.05, 3.63) is 27.8 Å². The number of hydrogen-bond donors (Lipinski definition) is 1. The summed E-state index contributed by atoms with van der Waals surface area (Å²) in [6, 6.07) is 4.74. The number of anilines is 1. The Bertz CT molecular complexity index is 816. The van der Waals surface area contributed by atoms with Crippen molar-refractivity contribution >= 4 is 17.5 Å². The topological polar surface area (TPSA) is 118 Å². The van der Waals surface area contributed by atoms with Gasteiger partial charge in [-0.15, -0.1) is 0 Å². The minimum absolute atomic E-state index is 0.0777. The number of piperidine rings is 1. The summed E-state index contributed by atoms with van der Waals surface area (Å²) < 4.78 is 11.2. The van der Waals surface area contributed by atoms with Gasteiger partial charge in [-0.2, -0.15) is 5.26 Å². The van der Waals surface area contributed by atoms with Crippen molar-refractivity contribution < 1.29 is 19.2 Å². The Hall–Kier alpha value is -3.02. The lowest BCUT2D eigenvalue weighted by molar-refractivity contribution is -0.385. The van der Waals surface area contributed by atoms with Crippen LogP contribution in [0.1, 0.15) is 39.2 Å². The number of hydrogen-bond acceptors (Lipinski definition) is 7. The van der Waals surface area contributed by atoms with Gasteiger partial charge in [-0.3, -0.25) is 10.1 Å². The number of rotatable bonds is 1. The number of nitriles is 1. The zero-order valence-corrected chi connectivity index (χ0v) is 15.6. The maximum Gasteiger partial charge on any atom is 0.410 e. The first kappa shape index (κ1) is 18.8. The fourth-order valence-corrected chi connectivity index (χ4v) is 3.33. The highest BCUT2D eigenvalue weighted by molar-refractivity contribution is 5.72. The van der Waals surface area contributed by atoms with Crippen LogP contribution in [0.2, 0.25) is 0 Å². The van der Waals surface area contributed by atoms with Crippen molar-refractivity contribution in [1.29, 1.82) is 5.26 Å². The quantitative estimate of drug-likeness (QED) is 0.593. The third-order valence-electron chi connectivity index (χ3n) is 4.71. The smallest absolute Gasteiger partial charge is 0.410 e. The highest BCUT2D eigenvalue weighted by Crippen LogP contribution is 2.42. The monoisotopic (exact) mass is 374 g/mol. The van der Waals surface area contributed by atoms with Crippen LogP contribution in [0.3, 0.4) is 0 Å². The number of carbonyl (C=O) groups excluding carboxylic acids is 1. The molecule has 1 fully saturated rings. The molecule has 27 heavy (non-hydrogen) atoms. The van der Waals surface area contributed by atoms with Crippen LogP contribution in [-0.2, 0) is 4.74 Å². The Balaban J connectivity index is 1.73. The van der Waals surface area contributed by atoms with E-state index < -0.39 is 10.5 Å². The van der Waals surface area contributed by atoms with E-state index in [2.05, 4.69) is 5.32 Å². The molecular weight excluding hydrogens is 352 g/mol. The van der Waals surface area contributed by atoms with Crippen LogP contribution >= 0.6 is 0 Å². The van der Waals surface area contributed by atoms with E-state index in [1.165, 1.54) is 6.07 Å². The summed E-state index contributed by atoms with van der Waals surface area (Å²) in [5.74, 6) is 0.215. The summed E-state index contributed by atoms with van der Waals surface area (Å²) in [5, 5.41) is 23.8. The third kappa shape index (κ3) is 3.74. The summed E-state index contributed by atoms with van der Waals surface area (Å²) in [6.07, 6.45) is 0.951. The first-order chi connectivity index (χ1) is 12.6. The standard InChI is InChI=1S/C18H22N4O5/c1-17(2,3)27-16(23)21-8-6-18(7-9-21)11-26-15-12(10-19)14(22(24)25)5-4-13(15)20-18/h4-5,20H,6-9,11H2,1-3H3. The van der Waals surface area contributed by atoms with Gasteiger partial charge in [0.25, 0.3) is 5.69 Å². The van der Waals surface area contributed by atoms with Gasteiger partial charge in [-0.25, -0.2) is 4.79 Å². The molecule has 0 aromatic heterocycles. The van der Waals surface area contributed by atoms with Crippen LogP contribution in [0.5, 0.6) is 5.75 Å². The van der Waals surface area contributed by atoms with Crippen molar-refractivity contribution in [2.75, 3.05) is 25.0 Å². The molecule has 1 amide bonds. The highest BCUT2D eigenvalue weighted by atomic mass is 16.6. The highest BCUT2D eigenvalue weighted by Gasteiger charge is 2.41. The van der Waals surface area contributed by atoms with Gasteiger partial charge >= 0.3 is 6.09 Å². The van der Waals surface area contributed by atoms with Gasteiger partial charge in [-0.05, 0) is 39.7 Å². The summed E-state index contributed by atoms with van der Waals surface area (Å²) in [4.78, 5) is 24.4. The largest absolute Gasteiger partial charge is 0.487 e. The average Bonchev–Trinajstić information content (AvgIpc) is 2.59. The van der Waals surface area contributed by atoms with E-state index in [1.807, 2.05) is 26.8 Å². The van der Waals surface area contributed by atoms with Gasteiger partial charge in [0.15, 0.2) is 11.3 Å². The molecule has 9 nitrogen and oxygen atoms in total. The van der Waals surface area contributed by atoms with Crippen LogP contribution < -0.4 is 10.1 Å². The normalized spacial score (nSPS) is 17.9. The molecular formula is C18H22N4O5. The molecule has 0 saturated carbocycles. The molecule has 0 aliphatic carbocycles. The number of carbonyl (C=O) groups is 1. The second-order valence-electron chi connectivity index (χ2n) is 7.87. The zero-order chi connectivity index (χ0) is 19.8. The SMILES string of the molecule is CC(C)(C)OC(=O)N1CCC2(CC1)COc1c(ccc([N+](=O)[O-])c1C#N)N2. The van der Waals surface area contributed by atoms with Crippen LogP contribution in [0.4, 0.5) is 16.2 Å². The van der Waals surface area contributed by atoms with Crippen molar-refractivity contribution in [3.8, 4) is 11.8 Å². The summed E-state index contributed by atoms with van der Waals surface area (Å²) in [5.41, 5.74) is -0.706. The van der Waals surface area contributed by atoms with Crippen molar-refractivity contribution in [2.45, 2.75) is 44.8 Å². The molecule has 0 unspecified atom stereocenters. The van der Waals surface area contributed by atoms with Gasteiger partial charge < -0.3 is 19.7 Å². The maximum absolute atomic E-state index is 12.2. The molecule has 0 bridgehead atoms. The Morgan fingerprint density at radius 1 is 1.41 bits per heavy atom. The Labute approximate surface area is 157 Å². The van der Waals surface area contributed by atoms with Gasteiger partial charge in [-0.1, -0.05) is 0 Å². The van der Waals surface area contributed by atoms with E-state index in [4.69, 9.17) is 9.47 Å². The number of fused-ring (bicyclic) bond motifs is 1. The Morgan fingerprint density at radius 2 is 2.07 bits per heavy atom. The molecule has 144 valence electrons. The third-order valence-corrected chi connectivity index (χ3v) is 4.71. The number of nitro benzene ring substituents is 1. The number of likely N-dealkylation sites (tertiary alicyclic amines) is 1. The lowest BCUT2D eigenvalue weighted by Gasteiger charge is -2.45. The van der Waals surface area contributed by atoms with Crippen LogP contribution in [0.25, 0.3) is 0 Å². The lowest BCUT2D eigenvalue weighted by Crippen LogP contribution is -2.55. The molecule has 2 aliphatic rings. The molecule has 0 atom stereocenters. The van der Waals surface area contributed by atoms with Gasteiger partial charge in [0.1, 0.15) is 18.3 Å². The van der Waals surface area contributed by atoms with E-state index in [0.29, 0.717) is 31.6 Å². The second-order valence-corrected chi connectivity index (χ2v) is 7.87. The molecule has 1 N–H and O–H groups in total. The lowest BCUT2D eigenvalue weighted by atomic mass is 9.86. The molecule has 1 aromatic rings. The van der Waals surface area contributed by atoms with Crippen LogP contribution in [-0.4, -0.2) is 46.8 Å². The molecule has 1 saturated heterocycles. The van der Waals surface area contributed by atoms with Crippen molar-refractivity contribution in [1.82, 2.24) is 4.90 Å². The summed E-state index contributed by atoms with van der Waals surface area (Å²) in [6.45, 7) is 6.79. The number of amides is 1. The van der Waals surface area contributed by atoms with E-state index in [0.717, 1.165) is 0 Å². The number of nitrogens with one attached hydrogen (secondary N) is 1. The number of nitro groups is 1. The minimum atomic E-state index is -0.591. The molecule has 3 rings (SSSR count). The molecule has 9 heteroatoms. The fraction of sp³-hybridized carbons (Fsp3) is 0.556. The molecule has 2 aliphatic heterocycles. The number of nitrogens with zero attached hydrogens (tertiary/aromatic N) is 3. The Kier molecular flexibility index (Phi) is 4.59. The fourth-order valence-electron chi connectivity index (χ4n) is 3.33. The van der Waals surface area contributed by atoms with E-state index in [1.54, 1.807) is 11.0 Å². The molecule has 1 aromatic carbocycles. The van der Waals surface area contributed by atoms with Crippen molar-refractivity contribution in [2.24, 2.45) is 0 Å². The summed E-state index contributed by atoms with van der Waals surface area (Å²) in [7, 11) is 0. The predicted molar refractivity (Wildman–Crippen MR) is 96.7 cm³/mol. The average molecular weight is 374 g/mol. The maximum atomic E-state index is 12.2. The molecule has 0 radical (unpaired) electrons. The first-order valence-corrected chi connectivity index (χ1v) is 8.74. The van der Waals surface area contributed by atoms with Crippen molar-refractivity contribution in [3.63, 3.8) is 0 Å². The summed E-state index contributed by atoms with van der Waals surface area (Å²) >= 11 is 0. The van der Waals surface area contributed by atoms with E-state index >= 15 is 0 Å². The van der Waals surface area contributed by atoms with Gasteiger partial charge in [0.05, 0.1) is 16.1 Å². The molecule has 1 spiro atoms. The molecule has 2 heterocycles. The van der Waals surface area contributed by atoms with Gasteiger partial charge in [0.2, 0.25) is 0 Å². The van der Waals surface area contributed by atoms with Gasteiger partial charge in [0, 0.05) is 19.2 Å². The second kappa shape index (κ2) is 6.61. The Morgan fingerprint density at radius 3 is 2.63 bits per heavy atom. The predicted octanol–water partition coefficient (Wildman–Crippen LogP) is 3.04. The van der Waals surface area contributed by atoms with E-state index in [9.17, 15) is 20.2 Å². The minimum Gasteiger partial charge on any atom is -0.487 e. The van der Waals surface area contributed by atoms with Crippen LogP contribution in [0, 0.1) is 21.4 Å².